The van der Waals surface area contributed by atoms with Crippen LogP contribution < -0.4 is 11.1 Å². The fraction of sp³-hybridized carbons (Fsp3) is 0.273. The van der Waals surface area contributed by atoms with E-state index in [4.69, 9.17) is 22.4 Å². The summed E-state index contributed by atoms with van der Waals surface area (Å²) in [5, 5.41) is 14.3. The Labute approximate surface area is 123 Å². The Morgan fingerprint density at radius 3 is 3.00 bits per heavy atom. The van der Waals surface area contributed by atoms with Gasteiger partial charge in [-0.25, -0.2) is 4.98 Å². The number of aromatic nitrogens is 1. The number of thiophene rings is 1. The molecule has 5 nitrogen and oxygen atoms in total. The number of halogens is 1. The number of nitrogens with two attached hydrogens (primary N) is 1. The Morgan fingerprint density at radius 1 is 1.58 bits per heavy atom. The summed E-state index contributed by atoms with van der Waals surface area (Å²) in [5.41, 5.74) is 5.85. The van der Waals surface area contributed by atoms with Gasteiger partial charge in [-0.3, -0.25) is 4.79 Å². The second kappa shape index (κ2) is 6.33. The zero-order valence-electron chi connectivity index (χ0n) is 9.80. The number of anilines is 1. The molecule has 8 heteroatoms. The van der Waals surface area contributed by atoms with Gasteiger partial charge in [0.1, 0.15) is 6.04 Å². The second-order valence-electron chi connectivity index (χ2n) is 3.78. The molecule has 4 N–H and O–H groups in total. The number of carboxylic acid groups (broad SMARTS) is 1. The predicted molar refractivity (Wildman–Crippen MR) is 78.2 cm³/mol. The number of hydrogen-bond donors (Lipinski definition) is 3. The molecule has 0 saturated carbocycles. The van der Waals surface area contributed by atoms with Gasteiger partial charge in [-0.05, 0) is 18.6 Å². The summed E-state index contributed by atoms with van der Waals surface area (Å²) in [7, 11) is 0. The normalized spacial score (nSPS) is 12.3. The highest BCUT2D eigenvalue weighted by Gasteiger charge is 2.17. The van der Waals surface area contributed by atoms with Crippen molar-refractivity contribution in [2.75, 3.05) is 11.9 Å². The van der Waals surface area contributed by atoms with Gasteiger partial charge >= 0.3 is 5.97 Å². The predicted octanol–water partition coefficient (Wildman–Crippen LogP) is 2.60. The Hall–Kier alpha value is -1.15. The van der Waals surface area contributed by atoms with E-state index in [9.17, 15) is 4.79 Å². The Bertz CT molecular complexity index is 570. The summed E-state index contributed by atoms with van der Waals surface area (Å²) in [5.74, 6) is -1.08. The second-order valence-corrected chi connectivity index (χ2v) is 6.43. The molecule has 2 aromatic heterocycles. The van der Waals surface area contributed by atoms with E-state index in [0.717, 1.165) is 10.8 Å². The highest BCUT2D eigenvalue weighted by molar-refractivity contribution is 7.16. The van der Waals surface area contributed by atoms with Crippen LogP contribution in [0.2, 0.25) is 4.34 Å². The molecule has 2 rings (SSSR count). The maximum absolute atomic E-state index is 10.7. The van der Waals surface area contributed by atoms with Gasteiger partial charge < -0.3 is 16.2 Å². The van der Waals surface area contributed by atoms with Gasteiger partial charge in [0.2, 0.25) is 0 Å². The first-order valence-electron chi connectivity index (χ1n) is 5.48. The summed E-state index contributed by atoms with van der Waals surface area (Å²) in [6.07, 6.45) is 0.845. The number of carbonyl (C=O) groups is 1. The van der Waals surface area contributed by atoms with Crippen molar-refractivity contribution in [1.29, 1.82) is 0 Å². The molecule has 19 heavy (non-hydrogen) atoms. The number of thiazole rings is 1. The number of carboxylic acids is 1. The van der Waals surface area contributed by atoms with Crippen LogP contribution in [0.25, 0.3) is 0 Å². The van der Waals surface area contributed by atoms with Crippen LogP contribution >= 0.6 is 34.3 Å². The largest absolute Gasteiger partial charge is 0.480 e. The van der Waals surface area contributed by atoms with Crippen LogP contribution in [0.4, 0.5) is 5.13 Å². The van der Waals surface area contributed by atoms with Crippen LogP contribution in [0.1, 0.15) is 16.6 Å². The first-order valence-corrected chi connectivity index (χ1v) is 7.55. The summed E-state index contributed by atoms with van der Waals surface area (Å²) in [4.78, 5) is 16.1. The van der Waals surface area contributed by atoms with Crippen LogP contribution in [0.5, 0.6) is 0 Å². The highest BCUT2D eigenvalue weighted by Crippen LogP contribution is 2.23. The Kier molecular flexibility index (Phi) is 4.76. The first-order chi connectivity index (χ1) is 9.06. The van der Waals surface area contributed by atoms with Crippen LogP contribution in [0.3, 0.4) is 0 Å². The van der Waals surface area contributed by atoms with E-state index < -0.39 is 12.0 Å². The van der Waals surface area contributed by atoms with Gasteiger partial charge in [0.05, 0.1) is 10.0 Å². The average Bonchev–Trinajstić information content (AvgIpc) is 2.98. The number of nitrogens with one attached hydrogen (secondary N) is 1. The highest BCUT2D eigenvalue weighted by atomic mass is 35.5. The lowest BCUT2D eigenvalue weighted by atomic mass is 10.2. The van der Waals surface area contributed by atoms with Crippen molar-refractivity contribution in [3.05, 3.63) is 32.4 Å². The van der Waals surface area contributed by atoms with E-state index in [1.165, 1.54) is 16.2 Å². The van der Waals surface area contributed by atoms with E-state index in [0.29, 0.717) is 17.4 Å². The van der Waals surface area contributed by atoms with Gasteiger partial charge in [0.15, 0.2) is 5.13 Å². The Balaban J connectivity index is 1.85. The molecular formula is C11H12ClN3O2S2. The molecule has 102 valence electrons. The SMILES string of the molecule is NC(C(=O)O)c1csc(NCCc2ccc(Cl)s2)n1. The van der Waals surface area contributed by atoms with E-state index in [1.807, 2.05) is 12.1 Å². The standard InChI is InChI=1S/C11H12ClN3O2S2/c12-8-2-1-6(19-8)3-4-14-11-15-7(5-18-11)9(13)10(16)17/h1-2,5,9H,3-4,13H2,(H,14,15)(H,16,17). The summed E-state index contributed by atoms with van der Waals surface area (Å²) >= 11 is 8.74. The van der Waals surface area contributed by atoms with Crippen molar-refractivity contribution in [3.63, 3.8) is 0 Å². The monoisotopic (exact) mass is 317 g/mol. The minimum atomic E-state index is -1.08. The molecule has 0 bridgehead atoms. The van der Waals surface area contributed by atoms with E-state index in [1.54, 1.807) is 16.7 Å². The molecule has 0 aromatic carbocycles. The van der Waals surface area contributed by atoms with E-state index in [2.05, 4.69) is 10.3 Å². The van der Waals surface area contributed by atoms with Gasteiger partial charge in [-0.2, -0.15) is 0 Å². The molecule has 1 atom stereocenters. The van der Waals surface area contributed by atoms with Crippen molar-refractivity contribution in [1.82, 2.24) is 4.98 Å². The molecule has 0 radical (unpaired) electrons. The van der Waals surface area contributed by atoms with Gasteiger partial charge in [-0.15, -0.1) is 22.7 Å². The molecular weight excluding hydrogens is 306 g/mol. The molecule has 0 aliphatic heterocycles. The molecule has 2 heterocycles. The van der Waals surface area contributed by atoms with Crippen molar-refractivity contribution in [3.8, 4) is 0 Å². The number of rotatable bonds is 6. The molecule has 2 aromatic rings. The summed E-state index contributed by atoms with van der Waals surface area (Å²) in [6, 6.07) is 2.79. The first kappa shape index (κ1) is 14.3. The maximum atomic E-state index is 10.7. The van der Waals surface area contributed by atoms with Crippen LogP contribution in [0.15, 0.2) is 17.5 Å². The quantitative estimate of drug-likeness (QED) is 0.762. The van der Waals surface area contributed by atoms with Crippen LogP contribution in [-0.4, -0.2) is 22.6 Å². The lowest BCUT2D eigenvalue weighted by Gasteiger charge is -2.02. The minimum absolute atomic E-state index is 0.374. The zero-order chi connectivity index (χ0) is 13.8. The van der Waals surface area contributed by atoms with Crippen molar-refractivity contribution in [2.24, 2.45) is 5.73 Å². The molecule has 0 aliphatic carbocycles. The summed E-state index contributed by atoms with van der Waals surface area (Å²) in [6.45, 7) is 0.714. The third-order valence-corrected chi connectivity index (χ3v) is 4.49. The van der Waals surface area contributed by atoms with E-state index >= 15 is 0 Å². The molecule has 0 amide bonds. The van der Waals surface area contributed by atoms with Gasteiger partial charge in [0.25, 0.3) is 0 Å². The third kappa shape index (κ3) is 3.90. The third-order valence-electron chi connectivity index (χ3n) is 2.38. The molecule has 0 saturated heterocycles. The maximum Gasteiger partial charge on any atom is 0.326 e. The number of aliphatic carboxylic acids is 1. The zero-order valence-corrected chi connectivity index (χ0v) is 12.2. The van der Waals surface area contributed by atoms with Crippen molar-refractivity contribution in [2.45, 2.75) is 12.5 Å². The van der Waals surface area contributed by atoms with Crippen LogP contribution in [0, 0.1) is 0 Å². The lowest BCUT2D eigenvalue weighted by Crippen LogP contribution is -2.21. The molecule has 0 spiro atoms. The van der Waals surface area contributed by atoms with Gasteiger partial charge in [-0.1, -0.05) is 11.6 Å². The molecule has 0 aliphatic rings. The van der Waals surface area contributed by atoms with Crippen molar-refractivity contribution < 1.29 is 9.90 Å². The fourth-order valence-electron chi connectivity index (χ4n) is 1.42. The number of nitrogens with zero attached hydrogens (tertiary/aromatic N) is 1. The summed E-state index contributed by atoms with van der Waals surface area (Å²) < 4.78 is 0.777. The molecule has 0 fully saturated rings. The van der Waals surface area contributed by atoms with E-state index in [-0.39, 0.29) is 0 Å². The fourth-order valence-corrected chi connectivity index (χ4v) is 3.28. The van der Waals surface area contributed by atoms with Crippen LogP contribution in [-0.2, 0) is 11.2 Å². The molecule has 1 unspecified atom stereocenters. The van der Waals surface area contributed by atoms with Gasteiger partial charge in [0, 0.05) is 16.8 Å². The van der Waals surface area contributed by atoms with Crippen molar-refractivity contribution >= 4 is 45.4 Å². The minimum Gasteiger partial charge on any atom is -0.480 e. The smallest absolute Gasteiger partial charge is 0.326 e. The Morgan fingerprint density at radius 2 is 2.37 bits per heavy atom. The topological polar surface area (TPSA) is 88.2 Å². The number of hydrogen-bond acceptors (Lipinski definition) is 6. The average molecular weight is 318 g/mol. The lowest BCUT2D eigenvalue weighted by molar-refractivity contribution is -0.138.